The van der Waals surface area contributed by atoms with Crippen LogP contribution in [0.15, 0.2) is 30.8 Å². The van der Waals surface area contributed by atoms with Crippen LogP contribution >= 0.6 is 0 Å². The lowest BCUT2D eigenvalue weighted by Gasteiger charge is -2.14. The normalized spacial score (nSPS) is 14.3. The molecule has 0 aliphatic heterocycles. The molecule has 4 heteroatoms. The van der Waals surface area contributed by atoms with Crippen LogP contribution in [-0.2, 0) is 4.79 Å². The van der Waals surface area contributed by atoms with Gasteiger partial charge in [0, 0.05) is 0 Å². The third kappa shape index (κ3) is 2.65. The second-order valence-corrected chi connectivity index (χ2v) is 3.16. The quantitative estimate of drug-likeness (QED) is 0.660. The van der Waals surface area contributed by atoms with Crippen LogP contribution < -0.4 is 5.73 Å². The van der Waals surface area contributed by atoms with Crippen molar-refractivity contribution < 1.29 is 15.0 Å². The Kier molecular flexibility index (Phi) is 3.60. The number of carbonyl (C=O) groups excluding carboxylic acids is 1. The van der Waals surface area contributed by atoms with Gasteiger partial charge in [-0.1, -0.05) is 36.9 Å². The van der Waals surface area contributed by atoms with Crippen LogP contribution in [0, 0.1) is 0 Å². The first kappa shape index (κ1) is 11.4. The van der Waals surface area contributed by atoms with E-state index in [1.807, 2.05) is 0 Å². The molecule has 15 heavy (non-hydrogen) atoms. The van der Waals surface area contributed by atoms with Crippen molar-refractivity contribution in [3.05, 3.63) is 42.0 Å². The smallest absolute Gasteiger partial charge is 0.249 e. The zero-order valence-corrected chi connectivity index (χ0v) is 8.13. The predicted octanol–water partition coefficient (Wildman–Crippen LogP) is 0.209. The van der Waals surface area contributed by atoms with E-state index in [1.165, 1.54) is 0 Å². The van der Waals surface area contributed by atoms with E-state index in [4.69, 9.17) is 5.73 Å². The van der Waals surface area contributed by atoms with Crippen molar-refractivity contribution in [2.75, 3.05) is 0 Å². The van der Waals surface area contributed by atoms with Crippen molar-refractivity contribution in [1.82, 2.24) is 0 Å². The molecule has 1 rings (SSSR count). The fraction of sp³-hybridized carbons (Fsp3) is 0.182. The van der Waals surface area contributed by atoms with E-state index in [-0.39, 0.29) is 0 Å². The molecular weight excluding hydrogens is 194 g/mol. The Bertz CT molecular complexity index is 359. The minimum Gasteiger partial charge on any atom is -0.385 e. The zero-order valence-electron chi connectivity index (χ0n) is 8.13. The molecule has 1 aromatic carbocycles. The largest absolute Gasteiger partial charge is 0.385 e. The summed E-state index contributed by atoms with van der Waals surface area (Å²) >= 11 is 0. The number of rotatable bonds is 4. The molecule has 0 bridgehead atoms. The summed E-state index contributed by atoms with van der Waals surface area (Å²) in [5.74, 6) is -0.949. The molecule has 0 heterocycles. The van der Waals surface area contributed by atoms with Gasteiger partial charge in [0.25, 0.3) is 0 Å². The maximum atomic E-state index is 10.6. The lowest BCUT2D eigenvalue weighted by Crippen LogP contribution is -2.33. The molecule has 2 unspecified atom stereocenters. The Morgan fingerprint density at radius 3 is 2.27 bits per heavy atom. The van der Waals surface area contributed by atoms with Crippen molar-refractivity contribution in [2.45, 2.75) is 12.2 Å². The number of benzene rings is 1. The van der Waals surface area contributed by atoms with Crippen LogP contribution in [-0.4, -0.2) is 22.2 Å². The molecule has 1 amide bonds. The number of primary amides is 1. The summed E-state index contributed by atoms with van der Waals surface area (Å²) in [5, 5.41) is 18.8. The van der Waals surface area contributed by atoms with Gasteiger partial charge in [0.05, 0.1) is 0 Å². The van der Waals surface area contributed by atoms with Gasteiger partial charge in [-0.05, 0) is 11.1 Å². The van der Waals surface area contributed by atoms with Crippen LogP contribution in [0.5, 0.6) is 0 Å². The molecule has 0 aromatic heterocycles. The maximum Gasteiger partial charge on any atom is 0.249 e. The van der Waals surface area contributed by atoms with E-state index in [1.54, 1.807) is 30.3 Å². The molecule has 0 saturated carbocycles. The van der Waals surface area contributed by atoms with Crippen molar-refractivity contribution in [2.24, 2.45) is 5.73 Å². The molecule has 2 atom stereocenters. The third-order valence-electron chi connectivity index (χ3n) is 2.10. The number of amides is 1. The van der Waals surface area contributed by atoms with Crippen molar-refractivity contribution in [3.8, 4) is 0 Å². The van der Waals surface area contributed by atoms with E-state index in [2.05, 4.69) is 6.58 Å². The lowest BCUT2D eigenvalue weighted by molar-refractivity contribution is -0.131. The Balaban J connectivity index is 2.86. The monoisotopic (exact) mass is 207 g/mol. The van der Waals surface area contributed by atoms with Gasteiger partial charge in [0.2, 0.25) is 5.91 Å². The third-order valence-corrected chi connectivity index (χ3v) is 2.10. The van der Waals surface area contributed by atoms with Gasteiger partial charge in [-0.15, -0.1) is 0 Å². The first-order chi connectivity index (χ1) is 7.06. The summed E-state index contributed by atoms with van der Waals surface area (Å²) in [7, 11) is 0. The van der Waals surface area contributed by atoms with Gasteiger partial charge in [-0.25, -0.2) is 0 Å². The number of hydrogen-bond acceptors (Lipinski definition) is 3. The van der Waals surface area contributed by atoms with Crippen molar-refractivity contribution in [1.29, 1.82) is 0 Å². The Morgan fingerprint density at radius 1 is 1.33 bits per heavy atom. The van der Waals surface area contributed by atoms with Gasteiger partial charge < -0.3 is 15.9 Å². The first-order valence-electron chi connectivity index (χ1n) is 4.44. The number of aliphatic hydroxyl groups excluding tert-OH is 2. The highest BCUT2D eigenvalue weighted by Crippen LogP contribution is 2.17. The summed E-state index contributed by atoms with van der Waals surface area (Å²) in [6.07, 6.45) is -1.22. The predicted molar refractivity (Wildman–Crippen MR) is 56.7 cm³/mol. The van der Waals surface area contributed by atoms with E-state index < -0.39 is 18.1 Å². The molecule has 80 valence electrons. The van der Waals surface area contributed by atoms with Gasteiger partial charge in [-0.2, -0.15) is 0 Å². The number of nitrogens with two attached hydrogens (primary N) is 1. The highest BCUT2D eigenvalue weighted by molar-refractivity contribution is 5.79. The fourth-order valence-corrected chi connectivity index (χ4v) is 1.17. The molecule has 0 radical (unpaired) electrons. The second-order valence-electron chi connectivity index (χ2n) is 3.16. The Hall–Kier alpha value is -1.65. The average Bonchev–Trinajstić information content (AvgIpc) is 2.27. The molecule has 4 N–H and O–H groups in total. The zero-order chi connectivity index (χ0) is 11.4. The van der Waals surface area contributed by atoms with E-state index in [9.17, 15) is 15.0 Å². The summed E-state index contributed by atoms with van der Waals surface area (Å²) < 4.78 is 0. The fourth-order valence-electron chi connectivity index (χ4n) is 1.17. The van der Waals surface area contributed by atoms with Gasteiger partial charge >= 0.3 is 0 Å². The second kappa shape index (κ2) is 4.72. The minimum absolute atomic E-state index is 0.437. The molecular formula is C11H13NO3. The number of aliphatic hydroxyl groups is 2. The summed E-state index contributed by atoms with van der Waals surface area (Å²) in [5.41, 5.74) is 6.19. The maximum absolute atomic E-state index is 10.6. The molecule has 0 aliphatic rings. The standard InChI is InChI=1S/C11H13NO3/c1-2-7-3-5-8(6-4-7)9(13)10(14)11(12)15/h2-6,9-10,13-14H,1H2,(H2,12,15). The highest BCUT2D eigenvalue weighted by atomic mass is 16.3. The molecule has 0 saturated heterocycles. The van der Waals surface area contributed by atoms with E-state index in [0.29, 0.717) is 5.56 Å². The van der Waals surface area contributed by atoms with Gasteiger partial charge in [0.1, 0.15) is 6.10 Å². The van der Waals surface area contributed by atoms with Crippen molar-refractivity contribution >= 4 is 12.0 Å². The lowest BCUT2D eigenvalue weighted by atomic mass is 10.0. The van der Waals surface area contributed by atoms with Crippen LogP contribution in [0.25, 0.3) is 6.08 Å². The molecule has 1 aromatic rings. The molecule has 0 fully saturated rings. The molecule has 4 nitrogen and oxygen atoms in total. The summed E-state index contributed by atoms with van der Waals surface area (Å²) in [6, 6.07) is 6.65. The number of carbonyl (C=O) groups is 1. The van der Waals surface area contributed by atoms with E-state index >= 15 is 0 Å². The Morgan fingerprint density at radius 2 is 1.87 bits per heavy atom. The van der Waals surface area contributed by atoms with Crippen LogP contribution in [0.3, 0.4) is 0 Å². The van der Waals surface area contributed by atoms with Crippen LogP contribution in [0.2, 0.25) is 0 Å². The van der Waals surface area contributed by atoms with Crippen molar-refractivity contribution in [3.63, 3.8) is 0 Å². The van der Waals surface area contributed by atoms with E-state index in [0.717, 1.165) is 5.56 Å². The topological polar surface area (TPSA) is 83.6 Å². The minimum atomic E-state index is -1.58. The van der Waals surface area contributed by atoms with Crippen LogP contribution in [0.4, 0.5) is 0 Å². The highest BCUT2D eigenvalue weighted by Gasteiger charge is 2.22. The van der Waals surface area contributed by atoms with Gasteiger partial charge in [-0.3, -0.25) is 4.79 Å². The summed E-state index contributed by atoms with van der Waals surface area (Å²) in [6.45, 7) is 3.58. The SMILES string of the molecule is C=Cc1ccc(C(O)C(O)C(N)=O)cc1. The Labute approximate surface area is 87.7 Å². The van der Waals surface area contributed by atoms with Crippen LogP contribution in [0.1, 0.15) is 17.2 Å². The molecule has 0 aliphatic carbocycles. The molecule has 0 spiro atoms. The summed E-state index contributed by atoms with van der Waals surface area (Å²) in [4.78, 5) is 10.6. The number of hydrogen-bond donors (Lipinski definition) is 3. The average molecular weight is 207 g/mol. The van der Waals surface area contributed by atoms with Gasteiger partial charge in [0.15, 0.2) is 6.10 Å². The first-order valence-corrected chi connectivity index (χ1v) is 4.44.